The molecule has 3 aromatic carbocycles. The van der Waals surface area contributed by atoms with Gasteiger partial charge in [0.05, 0.1) is 10.8 Å². The molecule has 7 nitrogen and oxygen atoms in total. The second-order valence-corrected chi connectivity index (χ2v) is 9.09. The molecular weight excluding hydrogens is 547 g/mol. The van der Waals surface area contributed by atoms with Gasteiger partial charge in [-0.15, -0.1) is 25.6 Å². The zero-order valence-electron chi connectivity index (χ0n) is 19.5. The lowest BCUT2D eigenvalue weighted by atomic mass is 10.1. The number of imide groups is 1. The molecule has 1 heterocycles. The van der Waals surface area contributed by atoms with Crippen LogP contribution in [0.2, 0.25) is 0 Å². The van der Waals surface area contributed by atoms with Crippen LogP contribution in [0.3, 0.4) is 0 Å². The molecule has 0 aromatic heterocycles. The van der Waals surface area contributed by atoms with Crippen LogP contribution in [-0.2, 0) is 16.0 Å². The van der Waals surface area contributed by atoms with Gasteiger partial charge in [-0.3, -0.25) is 14.9 Å². The number of alkyl halides is 3. The number of amides is 2. The molecule has 1 saturated heterocycles. The van der Waals surface area contributed by atoms with Crippen molar-refractivity contribution in [3.63, 3.8) is 0 Å². The summed E-state index contributed by atoms with van der Waals surface area (Å²) in [5.74, 6) is -0.912. The predicted octanol–water partition coefficient (Wildman–Crippen LogP) is 5.88. The van der Waals surface area contributed by atoms with E-state index >= 15 is 0 Å². The van der Waals surface area contributed by atoms with E-state index in [4.69, 9.17) is 9.47 Å². The molecule has 3 aromatic rings. The average molecular weight is 568 g/mol. The van der Waals surface area contributed by atoms with Crippen molar-refractivity contribution in [2.75, 3.05) is 6.61 Å². The van der Waals surface area contributed by atoms with Gasteiger partial charge in [0.2, 0.25) is 5.91 Å². The summed E-state index contributed by atoms with van der Waals surface area (Å²) in [5.41, 5.74) is 1.53. The first-order chi connectivity index (χ1) is 17.7. The van der Waals surface area contributed by atoms with Crippen molar-refractivity contribution in [1.82, 2.24) is 5.32 Å². The Bertz CT molecular complexity index is 1260. The van der Waals surface area contributed by atoms with Gasteiger partial charge in [0, 0.05) is 0 Å². The van der Waals surface area contributed by atoms with E-state index in [0.717, 1.165) is 29.5 Å². The smallest absolute Gasteiger partial charge is 0.489 e. The zero-order chi connectivity index (χ0) is 26.4. The van der Waals surface area contributed by atoms with Gasteiger partial charge in [-0.25, -0.2) is 4.79 Å². The third-order valence-corrected chi connectivity index (χ3v) is 6.24. The van der Waals surface area contributed by atoms with Gasteiger partial charge in [0.15, 0.2) is 6.10 Å². The number of nitrogens with one attached hydrogen (secondary N) is 1. The van der Waals surface area contributed by atoms with E-state index < -0.39 is 29.4 Å². The highest BCUT2D eigenvalue weighted by Gasteiger charge is 2.32. The first-order valence-corrected chi connectivity index (χ1v) is 11.9. The molecule has 1 unspecified atom stereocenters. The summed E-state index contributed by atoms with van der Waals surface area (Å²) in [6, 6.07) is 20.1. The number of carbonyl (C=O) groups excluding carboxylic acids is 3. The number of carbonyl (C=O) groups is 3. The Morgan fingerprint density at radius 2 is 1.55 bits per heavy atom. The van der Waals surface area contributed by atoms with Crippen LogP contribution in [-0.4, -0.2) is 35.3 Å². The Labute approximate surface area is 226 Å². The molecule has 1 aliphatic rings. The number of thioether (sulfide) groups is 1. The zero-order valence-corrected chi connectivity index (χ0v) is 21.1. The molecule has 1 N–H and O–H groups in total. The van der Waals surface area contributed by atoms with Gasteiger partial charge in [-0.05, 0) is 53.9 Å². The van der Waals surface area contributed by atoms with E-state index in [1.165, 1.54) is 12.1 Å². The summed E-state index contributed by atoms with van der Waals surface area (Å²) in [6.45, 7) is -0.118. The lowest BCUT2D eigenvalue weighted by molar-refractivity contribution is -0.274. The highest BCUT2D eigenvalue weighted by molar-refractivity contribution is 8.15. The minimum Gasteiger partial charge on any atom is -0.489 e. The molecule has 1 aliphatic heterocycles. The minimum absolute atomic E-state index is 0. The van der Waals surface area contributed by atoms with Crippen molar-refractivity contribution in [2.45, 2.75) is 24.1 Å². The number of esters is 1. The van der Waals surface area contributed by atoms with E-state index in [1.54, 1.807) is 54.6 Å². The molecule has 2 atom stereocenters. The summed E-state index contributed by atoms with van der Waals surface area (Å²) >= 11 is 0.942. The maximum atomic E-state index is 12.6. The summed E-state index contributed by atoms with van der Waals surface area (Å²) in [4.78, 5) is 35.7. The topological polar surface area (TPSA) is 90.9 Å². The van der Waals surface area contributed by atoms with Crippen LogP contribution >= 0.6 is 24.2 Å². The van der Waals surface area contributed by atoms with Gasteiger partial charge < -0.3 is 14.2 Å². The highest BCUT2D eigenvalue weighted by atomic mass is 35.5. The molecule has 0 aliphatic carbocycles. The highest BCUT2D eigenvalue weighted by Crippen LogP contribution is 2.28. The normalized spacial score (nSPS) is 15.7. The molecule has 0 spiro atoms. The van der Waals surface area contributed by atoms with Gasteiger partial charge in [0.25, 0.3) is 5.24 Å². The standard InChI is InChI=1S/C26H20F3NO6S.ClH/c27-26(28,29)36-20-12-8-17(9-13-20)21(35-24(32)18-4-2-1-3-5-18)15-34-19-10-6-16(7-11-19)14-22-23(31)30-25(33)37-22;/h1-13,21-22H,14-15H2,(H,30,31,33);1H/t21-,22?;/m0./s1. The van der Waals surface area contributed by atoms with Gasteiger partial charge in [-0.1, -0.05) is 54.2 Å². The fourth-order valence-electron chi connectivity index (χ4n) is 3.49. The van der Waals surface area contributed by atoms with Gasteiger partial charge >= 0.3 is 12.3 Å². The maximum Gasteiger partial charge on any atom is 0.573 e. The number of hydrogen-bond donors (Lipinski definition) is 1. The monoisotopic (exact) mass is 567 g/mol. The maximum absolute atomic E-state index is 12.6. The quantitative estimate of drug-likeness (QED) is 0.323. The third-order valence-electron chi connectivity index (χ3n) is 5.26. The molecule has 2 amide bonds. The average Bonchev–Trinajstić information content (AvgIpc) is 3.18. The van der Waals surface area contributed by atoms with Crippen LogP contribution in [0.25, 0.3) is 0 Å². The van der Waals surface area contributed by atoms with Crippen LogP contribution in [0.15, 0.2) is 78.9 Å². The number of benzene rings is 3. The summed E-state index contributed by atoms with van der Waals surface area (Å²) < 4.78 is 52.8. The number of rotatable bonds is 9. The Morgan fingerprint density at radius 3 is 2.13 bits per heavy atom. The van der Waals surface area contributed by atoms with E-state index in [1.807, 2.05) is 0 Å². The first kappa shape index (κ1) is 28.9. The predicted molar refractivity (Wildman–Crippen MR) is 136 cm³/mol. The number of halogens is 4. The number of hydrogen-bond acceptors (Lipinski definition) is 7. The first-order valence-electron chi connectivity index (χ1n) is 11.0. The Kier molecular flexibility index (Phi) is 9.65. The SMILES string of the molecule is Cl.O=C1NC(=O)C(Cc2ccc(OC[C@H](OC(=O)c3ccccc3)c3ccc(OC(F)(F)F)cc3)cc2)S1. The van der Waals surface area contributed by atoms with Crippen molar-refractivity contribution in [3.8, 4) is 11.5 Å². The summed E-state index contributed by atoms with van der Waals surface area (Å²) in [6.07, 6.45) is -5.39. The molecule has 0 saturated carbocycles. The second kappa shape index (κ2) is 12.7. The lowest BCUT2D eigenvalue weighted by Crippen LogP contribution is -2.25. The van der Waals surface area contributed by atoms with Crippen LogP contribution < -0.4 is 14.8 Å². The molecule has 4 rings (SSSR count). The number of ether oxygens (including phenoxy) is 3. The summed E-state index contributed by atoms with van der Waals surface area (Å²) in [5, 5.41) is 1.38. The van der Waals surface area contributed by atoms with Crippen LogP contribution in [0.1, 0.15) is 27.6 Å². The fourth-order valence-corrected chi connectivity index (χ4v) is 4.35. The molecule has 0 radical (unpaired) electrons. The van der Waals surface area contributed by atoms with Crippen LogP contribution in [0.4, 0.5) is 18.0 Å². The molecule has 12 heteroatoms. The molecule has 1 fully saturated rings. The summed E-state index contributed by atoms with van der Waals surface area (Å²) in [7, 11) is 0. The largest absolute Gasteiger partial charge is 0.573 e. The fraction of sp³-hybridized carbons (Fsp3) is 0.192. The van der Waals surface area contributed by atoms with E-state index in [2.05, 4.69) is 10.1 Å². The van der Waals surface area contributed by atoms with E-state index in [-0.39, 0.29) is 30.2 Å². The van der Waals surface area contributed by atoms with Crippen LogP contribution in [0, 0.1) is 0 Å². The molecule has 200 valence electrons. The molecular formula is C26H21ClF3NO6S. The van der Waals surface area contributed by atoms with E-state index in [0.29, 0.717) is 23.3 Å². The van der Waals surface area contributed by atoms with Crippen molar-refractivity contribution in [3.05, 3.63) is 95.6 Å². The van der Waals surface area contributed by atoms with Crippen LogP contribution in [0.5, 0.6) is 11.5 Å². The van der Waals surface area contributed by atoms with Crippen molar-refractivity contribution in [1.29, 1.82) is 0 Å². The Balaban J connectivity index is 0.00000400. The van der Waals surface area contributed by atoms with Gasteiger partial charge in [0.1, 0.15) is 18.1 Å². The Hall–Kier alpha value is -3.70. The minimum atomic E-state index is -4.83. The van der Waals surface area contributed by atoms with Crippen molar-refractivity contribution >= 4 is 41.3 Å². The van der Waals surface area contributed by atoms with E-state index in [9.17, 15) is 27.6 Å². The third kappa shape index (κ3) is 8.15. The molecule has 38 heavy (non-hydrogen) atoms. The lowest BCUT2D eigenvalue weighted by Gasteiger charge is -2.20. The second-order valence-electron chi connectivity index (χ2n) is 7.92. The van der Waals surface area contributed by atoms with Crippen molar-refractivity contribution < 1.29 is 41.8 Å². The molecule has 0 bridgehead atoms. The van der Waals surface area contributed by atoms with Crippen molar-refractivity contribution in [2.24, 2.45) is 0 Å². The van der Waals surface area contributed by atoms with Gasteiger partial charge in [-0.2, -0.15) is 0 Å². The Morgan fingerprint density at radius 1 is 0.921 bits per heavy atom.